The van der Waals surface area contributed by atoms with Crippen LogP contribution in [0, 0.1) is 0 Å². The highest BCUT2D eigenvalue weighted by molar-refractivity contribution is 6.30. The number of carbonyl (C=O) groups excluding carboxylic acids is 1. The number of carbonyl (C=O) groups is 1. The predicted octanol–water partition coefficient (Wildman–Crippen LogP) is 3.01. The maximum atomic E-state index is 12.1. The van der Waals surface area contributed by atoms with Gasteiger partial charge in [0.2, 0.25) is 5.91 Å². The van der Waals surface area contributed by atoms with Crippen LogP contribution in [0.15, 0.2) is 29.3 Å². The molecule has 6 heteroatoms. The molecule has 1 saturated carbocycles. The van der Waals surface area contributed by atoms with E-state index in [0.717, 1.165) is 37.0 Å². The number of nitrogens with one attached hydrogen (secondary N) is 2. The lowest BCUT2D eigenvalue weighted by Gasteiger charge is -2.18. The van der Waals surface area contributed by atoms with E-state index >= 15 is 0 Å². The standard InChI is InChI=1S/C19H29ClN4O/c1-4-21-19(22-11-10-18(25)24(5-2)6-3)23-17-13-16(17)14-8-7-9-15(20)12-14/h7-9,12,16-17H,4-6,10-11,13H2,1-3H3,(H2,21,22,23). The van der Waals surface area contributed by atoms with E-state index in [-0.39, 0.29) is 5.91 Å². The van der Waals surface area contributed by atoms with Crippen molar-refractivity contribution in [1.29, 1.82) is 0 Å². The van der Waals surface area contributed by atoms with Crippen LogP contribution in [-0.2, 0) is 4.79 Å². The summed E-state index contributed by atoms with van der Waals surface area (Å²) in [5.74, 6) is 1.41. The zero-order valence-electron chi connectivity index (χ0n) is 15.4. The van der Waals surface area contributed by atoms with Crippen LogP contribution in [0.4, 0.5) is 0 Å². The zero-order valence-corrected chi connectivity index (χ0v) is 16.1. The smallest absolute Gasteiger partial charge is 0.224 e. The van der Waals surface area contributed by atoms with Crippen molar-refractivity contribution in [3.05, 3.63) is 34.9 Å². The number of hydrogen-bond acceptors (Lipinski definition) is 2. The number of nitrogens with zero attached hydrogens (tertiary/aromatic N) is 2. The van der Waals surface area contributed by atoms with Gasteiger partial charge >= 0.3 is 0 Å². The minimum atomic E-state index is 0.160. The molecule has 1 aliphatic carbocycles. The molecule has 2 atom stereocenters. The average molecular weight is 365 g/mol. The number of halogens is 1. The van der Waals surface area contributed by atoms with Crippen LogP contribution in [0.3, 0.4) is 0 Å². The molecular formula is C19H29ClN4O. The van der Waals surface area contributed by atoms with Gasteiger partial charge in [0.25, 0.3) is 0 Å². The number of amides is 1. The molecule has 2 N–H and O–H groups in total. The van der Waals surface area contributed by atoms with Crippen molar-refractivity contribution in [2.24, 2.45) is 4.99 Å². The van der Waals surface area contributed by atoms with Gasteiger partial charge in [-0.05, 0) is 44.9 Å². The highest BCUT2D eigenvalue weighted by atomic mass is 35.5. The molecule has 1 amide bonds. The highest BCUT2D eigenvalue weighted by Crippen LogP contribution is 2.41. The van der Waals surface area contributed by atoms with Crippen molar-refractivity contribution in [3.8, 4) is 0 Å². The third-order valence-corrected chi connectivity index (χ3v) is 4.68. The summed E-state index contributed by atoms with van der Waals surface area (Å²) in [6, 6.07) is 8.40. The SMILES string of the molecule is CCNC(=NCCC(=O)N(CC)CC)NC1CC1c1cccc(Cl)c1. The fraction of sp³-hybridized carbons (Fsp3) is 0.579. The topological polar surface area (TPSA) is 56.7 Å². The largest absolute Gasteiger partial charge is 0.357 e. The first kappa shape index (κ1) is 19.6. The second-order valence-electron chi connectivity index (χ2n) is 6.22. The fourth-order valence-electron chi connectivity index (χ4n) is 2.95. The Morgan fingerprint density at radius 3 is 2.72 bits per heavy atom. The van der Waals surface area contributed by atoms with Crippen molar-refractivity contribution in [3.63, 3.8) is 0 Å². The summed E-state index contributed by atoms with van der Waals surface area (Å²) in [5, 5.41) is 7.49. The summed E-state index contributed by atoms with van der Waals surface area (Å²) in [7, 11) is 0. The molecule has 2 rings (SSSR count). The normalized spacial score (nSPS) is 19.4. The van der Waals surface area contributed by atoms with Crippen LogP contribution in [0.1, 0.15) is 45.1 Å². The van der Waals surface area contributed by atoms with E-state index in [9.17, 15) is 4.79 Å². The van der Waals surface area contributed by atoms with Crippen LogP contribution in [0.25, 0.3) is 0 Å². The number of benzene rings is 1. The van der Waals surface area contributed by atoms with Crippen LogP contribution < -0.4 is 10.6 Å². The third kappa shape index (κ3) is 5.92. The molecule has 1 fully saturated rings. The number of aliphatic imine (C=N–C) groups is 1. The third-order valence-electron chi connectivity index (χ3n) is 4.45. The Balaban J connectivity index is 1.85. The van der Waals surface area contributed by atoms with Gasteiger partial charge in [-0.2, -0.15) is 0 Å². The van der Waals surface area contributed by atoms with Crippen LogP contribution in [0.2, 0.25) is 5.02 Å². The minimum Gasteiger partial charge on any atom is -0.357 e. The van der Waals surface area contributed by atoms with Gasteiger partial charge in [-0.25, -0.2) is 0 Å². The maximum absolute atomic E-state index is 12.1. The molecule has 1 aromatic rings. The lowest BCUT2D eigenvalue weighted by atomic mass is 10.1. The fourth-order valence-corrected chi connectivity index (χ4v) is 3.15. The van der Waals surface area contributed by atoms with E-state index in [1.807, 2.05) is 43.9 Å². The molecule has 0 aromatic heterocycles. The summed E-state index contributed by atoms with van der Waals surface area (Å²) in [6.07, 6.45) is 1.52. The Morgan fingerprint density at radius 1 is 1.32 bits per heavy atom. The molecule has 1 aromatic carbocycles. The second kappa shape index (κ2) is 9.66. The molecular weight excluding hydrogens is 336 g/mol. The highest BCUT2D eigenvalue weighted by Gasteiger charge is 2.39. The summed E-state index contributed by atoms with van der Waals surface area (Å²) in [5.41, 5.74) is 1.26. The summed E-state index contributed by atoms with van der Waals surface area (Å²) in [4.78, 5) is 18.4. The molecule has 0 radical (unpaired) electrons. The Labute approximate surface area is 155 Å². The lowest BCUT2D eigenvalue weighted by Crippen LogP contribution is -2.39. The predicted molar refractivity (Wildman–Crippen MR) is 104 cm³/mol. The Hall–Kier alpha value is -1.75. The Bertz CT molecular complexity index is 601. The van der Waals surface area contributed by atoms with Gasteiger partial charge in [-0.15, -0.1) is 0 Å². The van der Waals surface area contributed by atoms with E-state index < -0.39 is 0 Å². The minimum absolute atomic E-state index is 0.160. The molecule has 0 spiro atoms. The number of rotatable bonds is 8. The van der Waals surface area contributed by atoms with Crippen molar-refractivity contribution in [1.82, 2.24) is 15.5 Å². The molecule has 1 aliphatic rings. The molecule has 0 bridgehead atoms. The molecule has 25 heavy (non-hydrogen) atoms. The van der Waals surface area contributed by atoms with Gasteiger partial charge < -0.3 is 15.5 Å². The Morgan fingerprint density at radius 2 is 2.08 bits per heavy atom. The zero-order chi connectivity index (χ0) is 18.2. The van der Waals surface area contributed by atoms with Crippen molar-refractivity contribution >= 4 is 23.5 Å². The van der Waals surface area contributed by atoms with E-state index in [4.69, 9.17) is 11.6 Å². The van der Waals surface area contributed by atoms with Gasteiger partial charge in [0.15, 0.2) is 5.96 Å². The van der Waals surface area contributed by atoms with E-state index in [1.165, 1.54) is 5.56 Å². The first-order valence-corrected chi connectivity index (χ1v) is 9.54. The second-order valence-corrected chi connectivity index (χ2v) is 6.66. The van der Waals surface area contributed by atoms with Crippen LogP contribution in [0.5, 0.6) is 0 Å². The summed E-state index contributed by atoms with van der Waals surface area (Å²) < 4.78 is 0. The lowest BCUT2D eigenvalue weighted by molar-refractivity contribution is -0.130. The van der Waals surface area contributed by atoms with Crippen molar-refractivity contribution in [2.45, 2.75) is 45.6 Å². The molecule has 0 heterocycles. The first-order chi connectivity index (χ1) is 12.1. The molecule has 138 valence electrons. The van der Waals surface area contributed by atoms with Gasteiger partial charge in [0.05, 0.1) is 6.54 Å². The van der Waals surface area contributed by atoms with E-state index in [0.29, 0.717) is 24.9 Å². The molecule has 5 nitrogen and oxygen atoms in total. The Kier molecular flexibility index (Phi) is 7.56. The maximum Gasteiger partial charge on any atom is 0.224 e. The molecule has 2 unspecified atom stereocenters. The van der Waals surface area contributed by atoms with Crippen molar-refractivity contribution < 1.29 is 4.79 Å². The van der Waals surface area contributed by atoms with E-state index in [2.05, 4.69) is 21.7 Å². The summed E-state index contributed by atoms with van der Waals surface area (Å²) >= 11 is 6.08. The average Bonchev–Trinajstić information content (AvgIpc) is 3.35. The van der Waals surface area contributed by atoms with Crippen molar-refractivity contribution in [2.75, 3.05) is 26.2 Å². The quantitative estimate of drug-likeness (QED) is 0.550. The number of hydrogen-bond donors (Lipinski definition) is 2. The van der Waals surface area contributed by atoms with Gasteiger partial charge in [-0.3, -0.25) is 9.79 Å². The molecule has 0 saturated heterocycles. The van der Waals surface area contributed by atoms with E-state index in [1.54, 1.807) is 0 Å². The van der Waals surface area contributed by atoms with Gasteiger partial charge in [0, 0.05) is 43.0 Å². The first-order valence-electron chi connectivity index (χ1n) is 9.17. The van der Waals surface area contributed by atoms with Crippen LogP contribution in [-0.4, -0.2) is 49.0 Å². The van der Waals surface area contributed by atoms with Gasteiger partial charge in [0.1, 0.15) is 0 Å². The summed E-state index contributed by atoms with van der Waals surface area (Å²) in [6.45, 7) is 8.84. The van der Waals surface area contributed by atoms with Crippen LogP contribution >= 0.6 is 11.6 Å². The van der Waals surface area contributed by atoms with Gasteiger partial charge in [-0.1, -0.05) is 23.7 Å². The molecule has 0 aliphatic heterocycles. The monoisotopic (exact) mass is 364 g/mol. The number of guanidine groups is 1.